The molecule has 2 saturated heterocycles. The smallest absolute Gasteiger partial charge is 0.170 e. The average molecular weight is 406 g/mol. The van der Waals surface area contributed by atoms with Gasteiger partial charge in [-0.2, -0.15) is 0 Å². The van der Waals surface area contributed by atoms with Crippen molar-refractivity contribution in [2.45, 2.75) is 31.0 Å². The van der Waals surface area contributed by atoms with Crippen LogP contribution < -0.4 is 5.32 Å². The lowest BCUT2D eigenvalue weighted by Crippen LogP contribution is -2.36. The molecular formula is C22H23N5OS. The van der Waals surface area contributed by atoms with Crippen molar-refractivity contribution < 1.29 is 4.74 Å². The van der Waals surface area contributed by atoms with Crippen LogP contribution in [0, 0.1) is 0 Å². The van der Waals surface area contributed by atoms with Gasteiger partial charge in [-0.3, -0.25) is 4.98 Å². The van der Waals surface area contributed by atoms with Crippen LogP contribution in [-0.4, -0.2) is 43.8 Å². The van der Waals surface area contributed by atoms with Crippen LogP contribution in [0.25, 0.3) is 5.82 Å². The Kier molecular flexibility index (Phi) is 4.99. The molecule has 0 spiro atoms. The van der Waals surface area contributed by atoms with E-state index in [1.54, 1.807) is 0 Å². The summed E-state index contributed by atoms with van der Waals surface area (Å²) in [7, 11) is 0. The zero-order valence-corrected chi connectivity index (χ0v) is 16.8. The highest BCUT2D eigenvalue weighted by atomic mass is 32.1. The molecule has 148 valence electrons. The minimum atomic E-state index is -0.0394. The van der Waals surface area contributed by atoms with Crippen molar-refractivity contribution >= 4 is 17.3 Å². The molecule has 0 radical (unpaired) electrons. The maximum Gasteiger partial charge on any atom is 0.170 e. The summed E-state index contributed by atoms with van der Waals surface area (Å²) >= 11 is 5.77. The summed E-state index contributed by atoms with van der Waals surface area (Å²) in [4.78, 5) is 11.4. The molecular weight excluding hydrogens is 382 g/mol. The Morgan fingerprint density at radius 3 is 2.66 bits per heavy atom. The lowest BCUT2D eigenvalue weighted by molar-refractivity contribution is 0.0836. The van der Waals surface area contributed by atoms with Crippen LogP contribution in [0.3, 0.4) is 0 Å². The van der Waals surface area contributed by atoms with Gasteiger partial charge in [-0.1, -0.05) is 12.1 Å². The van der Waals surface area contributed by atoms with E-state index < -0.39 is 0 Å². The van der Waals surface area contributed by atoms with Gasteiger partial charge >= 0.3 is 0 Å². The highest BCUT2D eigenvalue weighted by molar-refractivity contribution is 7.80. The Labute approximate surface area is 175 Å². The van der Waals surface area contributed by atoms with Gasteiger partial charge < -0.3 is 19.5 Å². The molecule has 2 fully saturated rings. The molecule has 3 atom stereocenters. The number of aromatic nitrogens is 3. The number of pyridine rings is 2. The minimum absolute atomic E-state index is 0.00129. The number of hydrogen-bond donors (Lipinski definition) is 1. The zero-order valence-electron chi connectivity index (χ0n) is 16.0. The Bertz CT molecular complexity index is 971. The molecule has 5 heterocycles. The zero-order chi connectivity index (χ0) is 19.6. The third-order valence-electron chi connectivity index (χ3n) is 5.60. The third-order valence-corrected chi connectivity index (χ3v) is 5.95. The van der Waals surface area contributed by atoms with E-state index in [2.05, 4.69) is 49.1 Å². The lowest BCUT2D eigenvalue weighted by atomic mass is 10.0. The van der Waals surface area contributed by atoms with E-state index in [0.717, 1.165) is 48.3 Å². The second-order valence-electron chi connectivity index (χ2n) is 7.40. The van der Waals surface area contributed by atoms with E-state index >= 15 is 0 Å². The van der Waals surface area contributed by atoms with Crippen LogP contribution in [0.1, 0.15) is 36.3 Å². The van der Waals surface area contributed by atoms with Gasteiger partial charge in [-0.25, -0.2) is 4.98 Å². The van der Waals surface area contributed by atoms with Gasteiger partial charge in [0, 0.05) is 37.4 Å². The van der Waals surface area contributed by atoms with Crippen LogP contribution in [0.4, 0.5) is 0 Å². The van der Waals surface area contributed by atoms with Crippen LogP contribution in [0.2, 0.25) is 0 Å². The van der Waals surface area contributed by atoms with Crippen molar-refractivity contribution in [1.29, 1.82) is 0 Å². The maximum absolute atomic E-state index is 5.92. The summed E-state index contributed by atoms with van der Waals surface area (Å²) in [5.74, 6) is 0.891. The first-order valence-corrected chi connectivity index (χ1v) is 10.4. The summed E-state index contributed by atoms with van der Waals surface area (Å²) in [5.41, 5.74) is 2.10. The first-order valence-electron chi connectivity index (χ1n) is 9.99. The van der Waals surface area contributed by atoms with Crippen LogP contribution in [0.15, 0.2) is 67.1 Å². The number of nitrogens with one attached hydrogen (secondary N) is 1. The molecule has 3 aromatic heterocycles. The Morgan fingerprint density at radius 2 is 1.93 bits per heavy atom. The average Bonchev–Trinajstić information content (AvgIpc) is 3.51. The van der Waals surface area contributed by atoms with Crippen LogP contribution >= 0.6 is 12.2 Å². The first-order chi connectivity index (χ1) is 14.3. The monoisotopic (exact) mass is 405 g/mol. The molecule has 0 amide bonds. The Balaban J connectivity index is 1.57. The normalized spacial score (nSPS) is 24.1. The van der Waals surface area contributed by atoms with Gasteiger partial charge in [0.05, 0.1) is 23.9 Å². The Morgan fingerprint density at radius 1 is 1.07 bits per heavy atom. The summed E-state index contributed by atoms with van der Waals surface area (Å²) < 4.78 is 8.06. The molecule has 29 heavy (non-hydrogen) atoms. The largest absolute Gasteiger partial charge is 0.376 e. The van der Waals surface area contributed by atoms with Crippen molar-refractivity contribution in [3.05, 3.63) is 78.5 Å². The molecule has 3 aromatic rings. The molecule has 0 saturated carbocycles. The number of nitrogens with zero attached hydrogens (tertiary/aromatic N) is 4. The minimum Gasteiger partial charge on any atom is -0.376 e. The van der Waals surface area contributed by atoms with E-state index in [-0.39, 0.29) is 18.2 Å². The molecule has 1 N–H and O–H groups in total. The summed E-state index contributed by atoms with van der Waals surface area (Å²) in [6.45, 7) is 1.60. The molecule has 0 aromatic carbocycles. The molecule has 2 aliphatic rings. The van der Waals surface area contributed by atoms with E-state index in [0.29, 0.717) is 0 Å². The molecule has 2 aliphatic heterocycles. The van der Waals surface area contributed by atoms with Gasteiger partial charge in [-0.15, -0.1) is 0 Å². The molecule has 6 nitrogen and oxygen atoms in total. The number of hydrogen-bond acceptors (Lipinski definition) is 4. The van der Waals surface area contributed by atoms with E-state index in [4.69, 9.17) is 17.0 Å². The van der Waals surface area contributed by atoms with Crippen LogP contribution in [0.5, 0.6) is 0 Å². The molecule has 7 heteroatoms. The summed E-state index contributed by atoms with van der Waals surface area (Å²) in [5, 5.41) is 4.26. The van der Waals surface area contributed by atoms with E-state index in [1.165, 1.54) is 0 Å². The predicted octanol–water partition coefficient (Wildman–Crippen LogP) is 3.42. The van der Waals surface area contributed by atoms with Gasteiger partial charge in [0.2, 0.25) is 0 Å². The lowest BCUT2D eigenvalue weighted by Gasteiger charge is -2.30. The van der Waals surface area contributed by atoms with Gasteiger partial charge in [0.1, 0.15) is 5.82 Å². The predicted molar refractivity (Wildman–Crippen MR) is 115 cm³/mol. The summed E-state index contributed by atoms with van der Waals surface area (Å²) in [6, 6.07) is 16.1. The topological polar surface area (TPSA) is 55.2 Å². The molecule has 3 unspecified atom stereocenters. The second-order valence-corrected chi connectivity index (χ2v) is 7.79. The molecule has 5 rings (SSSR count). The van der Waals surface area contributed by atoms with Crippen molar-refractivity contribution in [1.82, 2.24) is 24.8 Å². The van der Waals surface area contributed by atoms with Gasteiger partial charge in [0.25, 0.3) is 0 Å². The fourth-order valence-electron chi connectivity index (χ4n) is 4.27. The number of rotatable bonds is 5. The molecule has 0 aliphatic carbocycles. The maximum atomic E-state index is 5.92. The van der Waals surface area contributed by atoms with Crippen LogP contribution in [-0.2, 0) is 4.74 Å². The summed E-state index contributed by atoms with van der Waals surface area (Å²) in [6.07, 6.45) is 8.09. The highest BCUT2D eigenvalue weighted by Gasteiger charge is 2.42. The fourth-order valence-corrected chi connectivity index (χ4v) is 4.59. The van der Waals surface area contributed by atoms with E-state index in [9.17, 15) is 0 Å². The third kappa shape index (κ3) is 3.52. The van der Waals surface area contributed by atoms with Crippen molar-refractivity contribution in [2.24, 2.45) is 0 Å². The van der Waals surface area contributed by atoms with Crippen molar-refractivity contribution in [3.63, 3.8) is 0 Å². The van der Waals surface area contributed by atoms with Crippen molar-refractivity contribution in [2.75, 3.05) is 13.2 Å². The second kappa shape index (κ2) is 7.93. The van der Waals surface area contributed by atoms with Crippen molar-refractivity contribution in [3.8, 4) is 5.82 Å². The standard InChI is InChI=1S/C22H23N5OS/c29-22-25-20(17-8-1-3-11-23-17)21(27(22)15-16-7-6-14-28-16)18-9-5-13-26(18)19-10-2-4-12-24-19/h1-5,8-13,16,20-21H,6-7,14-15H2,(H,25,29). The fraction of sp³-hybridized carbons (Fsp3) is 0.318. The van der Waals surface area contributed by atoms with E-state index in [1.807, 2.05) is 42.7 Å². The Hall–Kier alpha value is -2.77. The SMILES string of the molecule is S=C1NC(c2ccccn2)C(c2cccn2-c2ccccn2)N1CC1CCCO1. The number of thiocarbonyl (C=S) groups is 1. The first kappa shape index (κ1) is 18.3. The van der Waals surface area contributed by atoms with Gasteiger partial charge in [-0.05, 0) is 61.5 Å². The highest BCUT2D eigenvalue weighted by Crippen LogP contribution is 2.40. The quantitative estimate of drug-likeness (QED) is 0.657. The molecule has 0 bridgehead atoms. The number of ether oxygens (including phenoxy) is 1. The van der Waals surface area contributed by atoms with Gasteiger partial charge in [0.15, 0.2) is 5.11 Å².